The number of hydrogen-bond donors (Lipinski definition) is 1. The van der Waals surface area contributed by atoms with E-state index in [1.165, 1.54) is 20.4 Å². The Hall–Kier alpha value is -1.68. The highest BCUT2D eigenvalue weighted by atomic mass is 79.9. The quantitative estimate of drug-likeness (QED) is 0.877. The van der Waals surface area contributed by atoms with E-state index in [-0.39, 0.29) is 9.63 Å². The van der Waals surface area contributed by atoms with Gasteiger partial charge in [-0.05, 0) is 22.0 Å². The number of nitrogens with one attached hydrogen (secondary N) is 1. The van der Waals surface area contributed by atoms with Crippen LogP contribution in [0.2, 0.25) is 0 Å². The van der Waals surface area contributed by atoms with Crippen molar-refractivity contribution in [1.82, 2.24) is 20.0 Å². The van der Waals surface area contributed by atoms with Crippen LogP contribution in [0.3, 0.4) is 0 Å². The van der Waals surface area contributed by atoms with Crippen LogP contribution >= 0.6 is 15.9 Å². The molecule has 10 heteroatoms. The van der Waals surface area contributed by atoms with Gasteiger partial charge in [0.25, 0.3) is 10.0 Å². The summed E-state index contributed by atoms with van der Waals surface area (Å²) >= 11 is 3.04. The van der Waals surface area contributed by atoms with E-state index in [4.69, 9.17) is 4.74 Å². The molecular weight excluding hydrogens is 338 g/mol. The molecule has 8 nitrogen and oxygen atoms in total. The first-order valence-electron chi connectivity index (χ1n) is 5.02. The summed E-state index contributed by atoms with van der Waals surface area (Å²) in [7, 11) is -0.829. The second-order valence-corrected chi connectivity index (χ2v) is 5.85. The van der Waals surface area contributed by atoms with E-state index in [1.54, 1.807) is 12.1 Å². The van der Waals surface area contributed by atoms with Crippen LogP contribution < -0.4 is 9.46 Å². The summed E-state index contributed by atoms with van der Waals surface area (Å²) in [6.07, 6.45) is 1.36. The standard InChI is InChI=1S/C9H10BrN5O3S/c1-15-9(8(10)12-14-15)19(16,17)13-6-3-4-7(18-2)11-5-6/h3-5,13H,1-2H3. The van der Waals surface area contributed by atoms with E-state index in [0.717, 1.165) is 4.68 Å². The SMILES string of the molecule is COc1ccc(NS(=O)(=O)c2c(Br)nnn2C)cn1. The minimum atomic E-state index is -3.79. The molecule has 2 aromatic heterocycles. The Morgan fingerprint density at radius 2 is 2.16 bits per heavy atom. The van der Waals surface area contributed by atoms with Gasteiger partial charge >= 0.3 is 0 Å². The third kappa shape index (κ3) is 2.84. The van der Waals surface area contributed by atoms with Gasteiger partial charge in [0.1, 0.15) is 0 Å². The third-order valence-corrected chi connectivity index (χ3v) is 4.46. The van der Waals surface area contributed by atoms with Crippen molar-refractivity contribution in [2.24, 2.45) is 7.05 Å². The van der Waals surface area contributed by atoms with Crippen LogP contribution in [-0.2, 0) is 17.1 Å². The molecule has 0 aliphatic carbocycles. The number of rotatable bonds is 4. The minimum Gasteiger partial charge on any atom is -0.481 e. The van der Waals surface area contributed by atoms with Gasteiger partial charge in [0, 0.05) is 13.1 Å². The molecule has 0 radical (unpaired) electrons. The number of sulfonamides is 1. The molecule has 0 spiro atoms. The van der Waals surface area contributed by atoms with Crippen molar-refractivity contribution in [3.8, 4) is 5.88 Å². The van der Waals surface area contributed by atoms with Gasteiger partial charge in [0.2, 0.25) is 10.9 Å². The number of methoxy groups -OCH3 is 1. The lowest BCUT2D eigenvalue weighted by atomic mass is 10.4. The number of aromatic nitrogens is 4. The molecule has 2 aromatic rings. The maximum Gasteiger partial charge on any atom is 0.281 e. The fourth-order valence-electron chi connectivity index (χ4n) is 1.37. The first-order valence-corrected chi connectivity index (χ1v) is 7.29. The molecule has 2 heterocycles. The van der Waals surface area contributed by atoms with Crippen molar-refractivity contribution in [2.45, 2.75) is 5.03 Å². The topological polar surface area (TPSA) is 99.0 Å². The first kappa shape index (κ1) is 13.7. The molecule has 0 amide bonds. The molecule has 1 N–H and O–H groups in total. The molecule has 0 bridgehead atoms. The maximum absolute atomic E-state index is 12.2. The lowest BCUT2D eigenvalue weighted by Crippen LogP contribution is -2.17. The summed E-state index contributed by atoms with van der Waals surface area (Å²) in [4.78, 5) is 3.91. The molecule has 0 saturated carbocycles. The van der Waals surface area contributed by atoms with Crippen LogP contribution in [0.15, 0.2) is 28.0 Å². The number of halogens is 1. The fourth-order valence-corrected chi connectivity index (χ4v) is 3.51. The summed E-state index contributed by atoms with van der Waals surface area (Å²) in [6, 6.07) is 3.09. The molecule has 0 saturated heterocycles. The average Bonchev–Trinajstić information content (AvgIpc) is 2.70. The number of ether oxygens (including phenoxy) is 1. The van der Waals surface area contributed by atoms with E-state index < -0.39 is 10.0 Å². The van der Waals surface area contributed by atoms with E-state index in [0.29, 0.717) is 11.6 Å². The zero-order valence-corrected chi connectivity index (χ0v) is 12.4. The third-order valence-electron chi connectivity index (χ3n) is 2.19. The van der Waals surface area contributed by atoms with Crippen LogP contribution in [-0.4, -0.2) is 35.5 Å². The van der Waals surface area contributed by atoms with Crippen LogP contribution in [0.5, 0.6) is 5.88 Å². The predicted molar refractivity (Wildman–Crippen MR) is 70.3 cm³/mol. The average molecular weight is 348 g/mol. The van der Waals surface area contributed by atoms with Crippen LogP contribution in [0.25, 0.3) is 0 Å². The largest absolute Gasteiger partial charge is 0.481 e. The summed E-state index contributed by atoms with van der Waals surface area (Å²) < 4.78 is 32.9. The van der Waals surface area contributed by atoms with Crippen molar-refractivity contribution < 1.29 is 13.2 Å². The van der Waals surface area contributed by atoms with Crippen molar-refractivity contribution in [1.29, 1.82) is 0 Å². The van der Waals surface area contributed by atoms with Gasteiger partial charge in [0.05, 0.1) is 19.0 Å². The summed E-state index contributed by atoms with van der Waals surface area (Å²) in [5, 5.41) is 7.18. The Morgan fingerprint density at radius 3 is 2.63 bits per heavy atom. The van der Waals surface area contributed by atoms with Crippen molar-refractivity contribution >= 4 is 31.6 Å². The molecule has 19 heavy (non-hydrogen) atoms. The Labute approximate surface area is 118 Å². The van der Waals surface area contributed by atoms with E-state index in [1.807, 2.05) is 0 Å². The zero-order valence-electron chi connectivity index (χ0n) is 10.0. The molecule has 0 aliphatic heterocycles. The summed E-state index contributed by atoms with van der Waals surface area (Å²) in [5.41, 5.74) is 0.314. The molecule has 102 valence electrons. The number of aryl methyl sites for hydroxylation is 1. The second kappa shape index (κ2) is 5.13. The van der Waals surface area contributed by atoms with Gasteiger partial charge in [0.15, 0.2) is 4.60 Å². The van der Waals surface area contributed by atoms with Crippen LogP contribution in [0, 0.1) is 0 Å². The lowest BCUT2D eigenvalue weighted by molar-refractivity contribution is 0.398. The molecule has 0 atom stereocenters. The molecule has 0 aliphatic rings. The normalized spacial score (nSPS) is 11.3. The highest BCUT2D eigenvalue weighted by Crippen LogP contribution is 2.21. The first-order chi connectivity index (χ1) is 8.94. The fraction of sp³-hybridized carbons (Fsp3) is 0.222. The number of nitrogens with zero attached hydrogens (tertiary/aromatic N) is 4. The van der Waals surface area contributed by atoms with Crippen LogP contribution in [0.1, 0.15) is 0 Å². The monoisotopic (exact) mass is 347 g/mol. The van der Waals surface area contributed by atoms with Gasteiger partial charge in [-0.2, -0.15) is 8.42 Å². The Morgan fingerprint density at radius 1 is 1.42 bits per heavy atom. The predicted octanol–water partition coefficient (Wildman–Crippen LogP) is 0.782. The number of hydrogen-bond acceptors (Lipinski definition) is 6. The lowest BCUT2D eigenvalue weighted by Gasteiger charge is -2.08. The van der Waals surface area contributed by atoms with Gasteiger partial charge in [-0.25, -0.2) is 9.67 Å². The molecule has 0 unspecified atom stereocenters. The maximum atomic E-state index is 12.2. The number of anilines is 1. The highest BCUT2D eigenvalue weighted by Gasteiger charge is 2.24. The Bertz CT molecular complexity index is 663. The Balaban J connectivity index is 2.31. The van der Waals surface area contributed by atoms with Gasteiger partial charge < -0.3 is 4.74 Å². The van der Waals surface area contributed by atoms with Gasteiger partial charge in [-0.15, -0.1) is 5.10 Å². The van der Waals surface area contributed by atoms with Crippen LogP contribution in [0.4, 0.5) is 5.69 Å². The molecule has 2 rings (SSSR count). The molecule has 0 fully saturated rings. The Kier molecular flexibility index (Phi) is 3.71. The van der Waals surface area contributed by atoms with E-state index in [2.05, 4.69) is 35.9 Å². The minimum absolute atomic E-state index is 0.0664. The second-order valence-electron chi connectivity index (χ2n) is 3.50. The van der Waals surface area contributed by atoms with Crippen molar-refractivity contribution in [3.63, 3.8) is 0 Å². The van der Waals surface area contributed by atoms with E-state index >= 15 is 0 Å². The van der Waals surface area contributed by atoms with Gasteiger partial charge in [-0.3, -0.25) is 4.72 Å². The molecule has 0 aromatic carbocycles. The van der Waals surface area contributed by atoms with Crippen molar-refractivity contribution in [3.05, 3.63) is 22.9 Å². The van der Waals surface area contributed by atoms with Gasteiger partial charge in [-0.1, -0.05) is 5.21 Å². The van der Waals surface area contributed by atoms with E-state index in [9.17, 15) is 8.42 Å². The number of pyridine rings is 1. The van der Waals surface area contributed by atoms with Crippen molar-refractivity contribution in [2.75, 3.05) is 11.8 Å². The summed E-state index contributed by atoms with van der Waals surface area (Å²) in [6.45, 7) is 0. The summed E-state index contributed by atoms with van der Waals surface area (Å²) in [5.74, 6) is 0.395. The highest BCUT2D eigenvalue weighted by molar-refractivity contribution is 9.10. The zero-order chi connectivity index (χ0) is 14.0. The molecular formula is C9H10BrN5O3S. The smallest absolute Gasteiger partial charge is 0.281 e.